The molecule has 0 radical (unpaired) electrons. The molecular weight excluding hydrogens is 152 g/mol. The van der Waals surface area contributed by atoms with Gasteiger partial charge in [0.05, 0.1) is 12.2 Å². The molecule has 64 valence electrons. The normalized spacial score (nSPS) is 59.8. The zero-order chi connectivity index (χ0) is 8.29. The molecule has 0 aromatic carbocycles. The first kappa shape index (κ1) is 6.87. The largest absolute Gasteiger partial charge is 0.392 e. The minimum atomic E-state index is -0.329. The number of hydrogen-bond acceptors (Lipinski definition) is 2. The zero-order valence-electron chi connectivity index (χ0n) is 6.67. The van der Waals surface area contributed by atoms with Crippen LogP contribution in [0.15, 0.2) is 24.3 Å². The van der Waals surface area contributed by atoms with Gasteiger partial charge < -0.3 is 10.2 Å². The van der Waals surface area contributed by atoms with Gasteiger partial charge in [0.15, 0.2) is 0 Å². The van der Waals surface area contributed by atoms with Crippen LogP contribution in [-0.4, -0.2) is 22.4 Å². The van der Waals surface area contributed by atoms with Crippen LogP contribution in [0.3, 0.4) is 0 Å². The maximum atomic E-state index is 9.74. The van der Waals surface area contributed by atoms with Crippen molar-refractivity contribution in [3.8, 4) is 0 Å². The highest BCUT2D eigenvalue weighted by atomic mass is 16.3. The smallest absolute Gasteiger partial charge is 0.0761 e. The first-order valence-electron chi connectivity index (χ1n) is 4.52. The van der Waals surface area contributed by atoms with Crippen molar-refractivity contribution in [3.05, 3.63) is 24.3 Å². The summed E-state index contributed by atoms with van der Waals surface area (Å²) in [5.74, 6) is 1.12. The fourth-order valence-corrected chi connectivity index (χ4v) is 3.05. The third-order valence-electron chi connectivity index (χ3n) is 3.60. The van der Waals surface area contributed by atoms with Gasteiger partial charge in [-0.2, -0.15) is 0 Å². The second kappa shape index (κ2) is 2.01. The van der Waals surface area contributed by atoms with E-state index in [0.717, 1.165) is 0 Å². The first-order valence-corrected chi connectivity index (χ1v) is 4.52. The average Bonchev–Trinajstić information content (AvgIpc) is 2.66. The fourth-order valence-electron chi connectivity index (χ4n) is 3.05. The SMILES string of the molecule is O[C@@H]1[C@H]2C=C[C@H]1[C@@H]1[C@H]2C=C[C@H]1O. The van der Waals surface area contributed by atoms with E-state index in [1.54, 1.807) is 0 Å². The number of allylic oxidation sites excluding steroid dienone is 1. The summed E-state index contributed by atoms with van der Waals surface area (Å²) < 4.78 is 0. The molecule has 3 aliphatic carbocycles. The van der Waals surface area contributed by atoms with Crippen molar-refractivity contribution in [2.45, 2.75) is 12.2 Å². The number of aliphatic hydroxyl groups is 2. The van der Waals surface area contributed by atoms with Gasteiger partial charge in [0, 0.05) is 17.8 Å². The molecular formula is C10H12O2. The van der Waals surface area contributed by atoms with E-state index in [4.69, 9.17) is 0 Å². The minimum absolute atomic E-state index is 0.199. The summed E-state index contributed by atoms with van der Waals surface area (Å²) in [4.78, 5) is 0. The molecule has 0 aromatic heterocycles. The van der Waals surface area contributed by atoms with Crippen LogP contribution < -0.4 is 0 Å². The second-order valence-electron chi connectivity index (χ2n) is 4.06. The molecule has 1 fully saturated rings. The van der Waals surface area contributed by atoms with Gasteiger partial charge in [-0.05, 0) is 5.92 Å². The van der Waals surface area contributed by atoms with Crippen molar-refractivity contribution < 1.29 is 10.2 Å². The molecule has 6 atom stereocenters. The lowest BCUT2D eigenvalue weighted by Gasteiger charge is -2.21. The maximum Gasteiger partial charge on any atom is 0.0761 e. The number of hydrogen-bond donors (Lipinski definition) is 2. The van der Waals surface area contributed by atoms with Crippen molar-refractivity contribution >= 4 is 0 Å². The Morgan fingerprint density at radius 2 is 1.42 bits per heavy atom. The molecule has 0 unspecified atom stereocenters. The highest BCUT2D eigenvalue weighted by Crippen LogP contribution is 2.52. The molecule has 0 heterocycles. The Kier molecular flexibility index (Phi) is 1.15. The van der Waals surface area contributed by atoms with Crippen LogP contribution in [0.1, 0.15) is 0 Å². The van der Waals surface area contributed by atoms with Crippen molar-refractivity contribution in [2.75, 3.05) is 0 Å². The molecule has 12 heavy (non-hydrogen) atoms. The number of aliphatic hydroxyl groups excluding tert-OH is 2. The molecule has 1 saturated carbocycles. The van der Waals surface area contributed by atoms with Gasteiger partial charge in [-0.15, -0.1) is 0 Å². The Morgan fingerprint density at radius 1 is 0.750 bits per heavy atom. The van der Waals surface area contributed by atoms with Crippen LogP contribution >= 0.6 is 0 Å². The maximum absolute atomic E-state index is 9.74. The van der Waals surface area contributed by atoms with Crippen molar-refractivity contribution in [1.29, 1.82) is 0 Å². The highest BCUT2D eigenvalue weighted by molar-refractivity contribution is 5.27. The lowest BCUT2D eigenvalue weighted by molar-refractivity contribution is 0.0966. The Hall–Kier alpha value is -0.600. The van der Waals surface area contributed by atoms with Gasteiger partial charge in [0.1, 0.15) is 0 Å². The second-order valence-corrected chi connectivity index (χ2v) is 4.06. The van der Waals surface area contributed by atoms with Crippen LogP contribution in [0.2, 0.25) is 0 Å². The summed E-state index contributed by atoms with van der Waals surface area (Å²) in [6, 6.07) is 0. The Bertz CT molecular complexity index is 269. The minimum Gasteiger partial charge on any atom is -0.392 e. The predicted molar refractivity (Wildman–Crippen MR) is 44.3 cm³/mol. The third kappa shape index (κ3) is 0.595. The summed E-state index contributed by atoms with van der Waals surface area (Å²) in [6.45, 7) is 0. The lowest BCUT2D eigenvalue weighted by atomic mass is 9.84. The zero-order valence-corrected chi connectivity index (χ0v) is 6.67. The van der Waals surface area contributed by atoms with Gasteiger partial charge in [0.2, 0.25) is 0 Å². The first-order chi connectivity index (χ1) is 5.79. The Morgan fingerprint density at radius 3 is 2.17 bits per heavy atom. The van der Waals surface area contributed by atoms with E-state index in [1.165, 1.54) is 0 Å². The van der Waals surface area contributed by atoms with E-state index in [9.17, 15) is 10.2 Å². The van der Waals surface area contributed by atoms with Gasteiger partial charge in [-0.1, -0.05) is 24.3 Å². The number of fused-ring (bicyclic) bond motifs is 5. The molecule has 0 aliphatic heterocycles. The predicted octanol–water partition coefficient (Wildman–Crippen LogP) is 0.326. The lowest BCUT2D eigenvalue weighted by Crippen LogP contribution is -2.25. The van der Waals surface area contributed by atoms with E-state index in [0.29, 0.717) is 5.92 Å². The molecule has 3 rings (SSSR count). The summed E-state index contributed by atoms with van der Waals surface area (Å²) in [7, 11) is 0. The van der Waals surface area contributed by atoms with E-state index in [2.05, 4.69) is 18.2 Å². The fraction of sp³-hybridized carbons (Fsp3) is 0.600. The Labute approximate surface area is 71.2 Å². The molecule has 2 heteroatoms. The van der Waals surface area contributed by atoms with Crippen LogP contribution in [0.25, 0.3) is 0 Å². The van der Waals surface area contributed by atoms with E-state index >= 15 is 0 Å². The van der Waals surface area contributed by atoms with Crippen molar-refractivity contribution in [1.82, 2.24) is 0 Å². The summed E-state index contributed by atoms with van der Waals surface area (Å²) in [5.41, 5.74) is 0. The quantitative estimate of drug-likeness (QED) is 0.506. The monoisotopic (exact) mass is 164 g/mol. The van der Waals surface area contributed by atoms with Crippen LogP contribution in [0.5, 0.6) is 0 Å². The molecule has 2 nitrogen and oxygen atoms in total. The third-order valence-corrected chi connectivity index (χ3v) is 3.60. The van der Waals surface area contributed by atoms with Gasteiger partial charge in [-0.25, -0.2) is 0 Å². The van der Waals surface area contributed by atoms with Crippen LogP contribution in [0, 0.1) is 23.7 Å². The molecule has 0 saturated heterocycles. The van der Waals surface area contributed by atoms with Crippen LogP contribution in [-0.2, 0) is 0 Å². The average molecular weight is 164 g/mol. The molecule has 3 aliphatic rings. The molecule has 0 aromatic rings. The van der Waals surface area contributed by atoms with Gasteiger partial charge in [-0.3, -0.25) is 0 Å². The van der Waals surface area contributed by atoms with E-state index < -0.39 is 0 Å². The molecule has 0 amide bonds. The van der Waals surface area contributed by atoms with Gasteiger partial charge >= 0.3 is 0 Å². The Balaban J connectivity index is 2.03. The highest BCUT2D eigenvalue weighted by Gasteiger charge is 2.53. The number of rotatable bonds is 0. The summed E-state index contributed by atoms with van der Waals surface area (Å²) in [5, 5.41) is 19.4. The molecule has 0 spiro atoms. The van der Waals surface area contributed by atoms with Crippen LogP contribution in [0.4, 0.5) is 0 Å². The molecule has 2 N–H and O–H groups in total. The van der Waals surface area contributed by atoms with E-state index in [1.807, 2.05) is 6.08 Å². The standard InChI is InChI=1S/C10H12O2/c11-8-4-3-5-6-1-2-7(9(5)8)10(6)12/h1-12H/t5-,6-,7-,8+,9-,10+/m0/s1. The molecule has 2 bridgehead atoms. The summed E-state index contributed by atoms with van der Waals surface area (Å²) in [6.07, 6.45) is 7.52. The van der Waals surface area contributed by atoms with E-state index in [-0.39, 0.29) is 30.0 Å². The van der Waals surface area contributed by atoms with Gasteiger partial charge in [0.25, 0.3) is 0 Å². The summed E-state index contributed by atoms with van der Waals surface area (Å²) >= 11 is 0. The van der Waals surface area contributed by atoms with Crippen molar-refractivity contribution in [2.24, 2.45) is 23.7 Å². The van der Waals surface area contributed by atoms with Crippen molar-refractivity contribution in [3.63, 3.8) is 0 Å². The topological polar surface area (TPSA) is 40.5 Å².